The summed E-state index contributed by atoms with van der Waals surface area (Å²) in [6.07, 6.45) is -3.42. The van der Waals surface area contributed by atoms with Crippen molar-refractivity contribution in [3.05, 3.63) is 33.7 Å². The van der Waals surface area contributed by atoms with Crippen molar-refractivity contribution in [2.24, 2.45) is 0 Å². The van der Waals surface area contributed by atoms with Crippen LogP contribution in [-0.4, -0.2) is 4.98 Å². The normalized spacial score (nSPS) is 11.7. The fraction of sp³-hybridized carbons (Fsp3) is 0.286. The van der Waals surface area contributed by atoms with Crippen LogP contribution in [0.1, 0.15) is 11.1 Å². The van der Waals surface area contributed by atoms with Gasteiger partial charge in [-0.15, -0.1) is 0 Å². The summed E-state index contributed by atoms with van der Waals surface area (Å²) in [5.74, 6) is 0. The van der Waals surface area contributed by atoms with Crippen LogP contribution in [0.15, 0.2) is 17.1 Å². The van der Waals surface area contributed by atoms with Gasteiger partial charge in [0.1, 0.15) is 0 Å². The maximum absolute atomic E-state index is 12.2. The molecule has 0 saturated carbocycles. The predicted octanol–water partition coefficient (Wildman–Crippen LogP) is 2.29. The molecule has 0 atom stereocenters. The molecule has 1 aromatic rings. The van der Waals surface area contributed by atoms with Gasteiger partial charge in [-0.05, 0) is 5.56 Å². The molecule has 13 heavy (non-hydrogen) atoms. The van der Waals surface area contributed by atoms with Gasteiger partial charge in [-0.25, -0.2) is 0 Å². The van der Waals surface area contributed by atoms with Gasteiger partial charge in [-0.3, -0.25) is 4.79 Å². The highest BCUT2D eigenvalue weighted by Crippen LogP contribution is 2.31. The average Bonchev–Trinajstić information content (AvgIpc) is 2.03. The molecule has 0 amide bonds. The Morgan fingerprint density at radius 3 is 2.54 bits per heavy atom. The number of rotatable bonds is 1. The van der Waals surface area contributed by atoms with Crippen molar-refractivity contribution in [1.29, 1.82) is 0 Å². The Morgan fingerprint density at radius 1 is 1.46 bits per heavy atom. The lowest BCUT2D eigenvalue weighted by atomic mass is 10.1. The van der Waals surface area contributed by atoms with Crippen LogP contribution in [0.2, 0.25) is 0 Å². The smallest absolute Gasteiger partial charge is 0.329 e. The Morgan fingerprint density at radius 2 is 2.08 bits per heavy atom. The topological polar surface area (TPSA) is 32.9 Å². The van der Waals surface area contributed by atoms with Gasteiger partial charge in [0.05, 0.1) is 5.56 Å². The number of hydrogen-bond acceptors (Lipinski definition) is 1. The van der Waals surface area contributed by atoms with Crippen LogP contribution in [0, 0.1) is 0 Å². The van der Waals surface area contributed by atoms with Crippen molar-refractivity contribution < 1.29 is 13.2 Å². The summed E-state index contributed by atoms with van der Waals surface area (Å²) >= 11 is 2.90. The Balaban J connectivity index is 3.32. The summed E-state index contributed by atoms with van der Waals surface area (Å²) in [5, 5.41) is 0.0542. The first-order valence-corrected chi connectivity index (χ1v) is 4.42. The number of halogens is 4. The van der Waals surface area contributed by atoms with Crippen LogP contribution in [0.4, 0.5) is 13.2 Å². The first-order valence-electron chi connectivity index (χ1n) is 3.30. The van der Waals surface area contributed by atoms with Crippen molar-refractivity contribution >= 4 is 15.9 Å². The van der Waals surface area contributed by atoms with Crippen molar-refractivity contribution in [2.45, 2.75) is 11.5 Å². The molecular weight excluding hydrogens is 251 g/mol. The van der Waals surface area contributed by atoms with Gasteiger partial charge in [0.25, 0.3) is 0 Å². The number of aromatic nitrogens is 1. The minimum atomic E-state index is -4.47. The van der Waals surface area contributed by atoms with E-state index in [1.165, 1.54) is 0 Å². The predicted molar refractivity (Wildman–Crippen MR) is 44.7 cm³/mol. The van der Waals surface area contributed by atoms with Crippen LogP contribution in [0.3, 0.4) is 0 Å². The molecule has 0 aliphatic heterocycles. The Hall–Kier alpha value is -0.780. The number of aromatic amines is 1. The maximum atomic E-state index is 12.2. The lowest BCUT2D eigenvalue weighted by Crippen LogP contribution is -2.15. The summed E-state index contributed by atoms with van der Waals surface area (Å²) in [4.78, 5) is 12.8. The molecule has 0 aliphatic rings. The van der Waals surface area contributed by atoms with E-state index < -0.39 is 17.3 Å². The number of H-pyrrole nitrogens is 1. The highest BCUT2D eigenvalue weighted by molar-refractivity contribution is 9.08. The van der Waals surface area contributed by atoms with E-state index in [4.69, 9.17) is 0 Å². The molecule has 0 spiro atoms. The molecule has 72 valence electrons. The molecule has 1 aromatic heterocycles. The third-order valence-electron chi connectivity index (χ3n) is 1.46. The highest BCUT2D eigenvalue weighted by atomic mass is 79.9. The molecule has 0 saturated heterocycles. The zero-order valence-electron chi connectivity index (χ0n) is 6.28. The minimum absolute atomic E-state index is 0.0205. The van der Waals surface area contributed by atoms with Gasteiger partial charge >= 0.3 is 6.18 Å². The summed E-state index contributed by atoms with van der Waals surface area (Å²) < 4.78 is 36.7. The zero-order valence-corrected chi connectivity index (χ0v) is 7.87. The van der Waals surface area contributed by atoms with E-state index >= 15 is 0 Å². The van der Waals surface area contributed by atoms with Crippen LogP contribution in [-0.2, 0) is 11.5 Å². The summed E-state index contributed by atoms with van der Waals surface area (Å²) in [6.45, 7) is 0. The van der Waals surface area contributed by atoms with Gasteiger partial charge in [-0.2, -0.15) is 13.2 Å². The second kappa shape index (κ2) is 3.53. The molecule has 0 aliphatic carbocycles. The third kappa shape index (κ3) is 2.33. The van der Waals surface area contributed by atoms with Gasteiger partial charge in [0, 0.05) is 17.6 Å². The molecule has 0 fully saturated rings. The molecule has 6 heteroatoms. The standard InChI is InChI=1S/C7H5BrF3NO/c8-2-4-3-12-6(13)1-5(4)7(9,10)11/h1,3H,2H2,(H,12,13). The van der Waals surface area contributed by atoms with E-state index in [2.05, 4.69) is 20.9 Å². The number of hydrogen-bond donors (Lipinski definition) is 1. The molecule has 1 N–H and O–H groups in total. The molecule has 0 bridgehead atoms. The minimum Gasteiger partial charge on any atom is -0.329 e. The van der Waals surface area contributed by atoms with Gasteiger partial charge < -0.3 is 4.98 Å². The summed E-state index contributed by atoms with van der Waals surface area (Å²) in [5.41, 5.74) is -1.63. The number of pyridine rings is 1. The quantitative estimate of drug-likeness (QED) is 0.768. The van der Waals surface area contributed by atoms with Crippen LogP contribution < -0.4 is 5.56 Å². The first-order chi connectivity index (χ1) is 5.95. The van der Waals surface area contributed by atoms with Crippen LogP contribution in [0.25, 0.3) is 0 Å². The highest BCUT2D eigenvalue weighted by Gasteiger charge is 2.33. The summed E-state index contributed by atoms with van der Waals surface area (Å²) in [6, 6.07) is 0.552. The molecule has 0 aromatic carbocycles. The fourth-order valence-electron chi connectivity index (χ4n) is 0.876. The summed E-state index contributed by atoms with van der Waals surface area (Å²) in [7, 11) is 0. The van der Waals surface area contributed by atoms with Crippen LogP contribution >= 0.6 is 15.9 Å². The third-order valence-corrected chi connectivity index (χ3v) is 2.06. The molecule has 0 radical (unpaired) electrons. The van der Waals surface area contributed by atoms with Crippen molar-refractivity contribution in [3.8, 4) is 0 Å². The second-order valence-electron chi connectivity index (χ2n) is 2.37. The maximum Gasteiger partial charge on any atom is 0.416 e. The molecule has 0 unspecified atom stereocenters. The fourth-order valence-corrected chi connectivity index (χ4v) is 1.34. The van der Waals surface area contributed by atoms with Gasteiger partial charge in [-0.1, -0.05) is 15.9 Å². The van der Waals surface area contributed by atoms with E-state index in [1.807, 2.05) is 0 Å². The van der Waals surface area contributed by atoms with Crippen molar-refractivity contribution in [1.82, 2.24) is 4.98 Å². The van der Waals surface area contributed by atoms with E-state index in [-0.39, 0.29) is 10.9 Å². The van der Waals surface area contributed by atoms with Gasteiger partial charge in [0.15, 0.2) is 0 Å². The van der Waals surface area contributed by atoms with Crippen molar-refractivity contribution in [2.75, 3.05) is 0 Å². The lowest BCUT2D eigenvalue weighted by Gasteiger charge is -2.09. The Bertz CT molecular complexity index is 357. The SMILES string of the molecule is O=c1cc(C(F)(F)F)c(CBr)c[nH]1. The Kier molecular flexibility index (Phi) is 2.80. The van der Waals surface area contributed by atoms with E-state index in [0.717, 1.165) is 6.20 Å². The molecular formula is C7H5BrF3NO. The van der Waals surface area contributed by atoms with Crippen molar-refractivity contribution in [3.63, 3.8) is 0 Å². The van der Waals surface area contributed by atoms with E-state index in [0.29, 0.717) is 6.07 Å². The number of alkyl halides is 4. The van der Waals surface area contributed by atoms with Crippen LogP contribution in [0.5, 0.6) is 0 Å². The lowest BCUT2D eigenvalue weighted by molar-refractivity contribution is -0.138. The molecule has 1 heterocycles. The first kappa shape index (κ1) is 10.3. The largest absolute Gasteiger partial charge is 0.416 e. The molecule has 2 nitrogen and oxygen atoms in total. The Labute approximate surface area is 79.9 Å². The second-order valence-corrected chi connectivity index (χ2v) is 2.93. The monoisotopic (exact) mass is 255 g/mol. The number of nitrogens with one attached hydrogen (secondary N) is 1. The van der Waals surface area contributed by atoms with E-state index in [9.17, 15) is 18.0 Å². The van der Waals surface area contributed by atoms with Gasteiger partial charge in [0.2, 0.25) is 5.56 Å². The molecule has 1 rings (SSSR count). The van der Waals surface area contributed by atoms with E-state index in [1.54, 1.807) is 0 Å². The average molecular weight is 256 g/mol. The zero-order chi connectivity index (χ0) is 10.1.